The van der Waals surface area contributed by atoms with E-state index in [1.165, 1.54) is 12.4 Å². The van der Waals surface area contributed by atoms with Crippen LogP contribution in [0.1, 0.15) is 0 Å². The molecule has 0 aromatic carbocycles. The van der Waals surface area contributed by atoms with Crippen molar-refractivity contribution in [1.29, 1.82) is 0 Å². The van der Waals surface area contributed by atoms with Gasteiger partial charge in [-0.05, 0) is 0 Å². The van der Waals surface area contributed by atoms with E-state index in [0.717, 1.165) is 6.20 Å². The molecule has 11 heavy (non-hydrogen) atoms. The Hall–Kier alpha value is -0.0100. The Morgan fingerprint density at radius 3 is 2.27 bits per heavy atom. The van der Waals surface area contributed by atoms with Gasteiger partial charge in [-0.2, -0.15) is 8.42 Å². The van der Waals surface area contributed by atoms with Gasteiger partial charge in [0, 0.05) is 12.4 Å². The first-order valence-corrected chi connectivity index (χ1v) is 3.78. The molecule has 0 aliphatic carbocycles. The molecular weight excluding hydrogens is 179 g/mol. The fourth-order valence-corrected chi connectivity index (χ4v) is 0.807. The molecule has 54 valence electrons. The average Bonchev–Trinajstić information content (AvgIpc) is 1.88. The molecule has 1 N–H and O–H groups in total. The van der Waals surface area contributed by atoms with E-state index in [9.17, 15) is 8.42 Å². The number of hydrogen-bond acceptors (Lipinski definition) is 4. The fourth-order valence-electron chi connectivity index (χ4n) is 0.419. The first-order chi connectivity index (χ1) is 4.61. The summed E-state index contributed by atoms with van der Waals surface area (Å²) in [7, 11) is -4.18. The molecule has 0 spiro atoms. The molecule has 0 atom stereocenters. The Morgan fingerprint density at radius 2 is 2.00 bits per heavy atom. The Balaban J connectivity index is 0.000001000. The van der Waals surface area contributed by atoms with Crippen molar-refractivity contribution in [1.82, 2.24) is 9.97 Å². The summed E-state index contributed by atoms with van der Waals surface area (Å²) in [4.78, 5) is 6.80. The van der Waals surface area contributed by atoms with Gasteiger partial charge in [0.05, 0.1) is 6.20 Å². The van der Waals surface area contributed by atoms with Crippen molar-refractivity contribution in [3.05, 3.63) is 18.6 Å². The first-order valence-electron chi connectivity index (χ1n) is 2.34. The first kappa shape index (κ1) is 11.0. The predicted molar refractivity (Wildman–Crippen MR) is 31.8 cm³/mol. The molecule has 0 unspecified atom stereocenters. The summed E-state index contributed by atoms with van der Waals surface area (Å²) in [6.07, 6.45) is 3.47. The van der Waals surface area contributed by atoms with Crippen LogP contribution in [0.2, 0.25) is 0 Å². The second kappa shape index (κ2) is 4.13. The molecule has 1 rings (SSSR count). The predicted octanol–water partition coefficient (Wildman–Crippen LogP) is -3.27. The van der Waals surface area contributed by atoms with E-state index >= 15 is 0 Å². The van der Waals surface area contributed by atoms with E-state index in [1.54, 1.807) is 0 Å². The largest absolute Gasteiger partial charge is 1.00 e. The molecule has 0 amide bonds. The van der Waals surface area contributed by atoms with Gasteiger partial charge < -0.3 is 0 Å². The summed E-state index contributed by atoms with van der Waals surface area (Å²) >= 11 is 0. The Labute approximate surface area is 85.9 Å². The van der Waals surface area contributed by atoms with Crippen molar-refractivity contribution in [2.75, 3.05) is 0 Å². The fraction of sp³-hybridized carbons (Fsp3) is 0. The monoisotopic (exact) mass is 183 g/mol. The number of rotatable bonds is 1. The van der Waals surface area contributed by atoms with E-state index in [1.807, 2.05) is 0 Å². The van der Waals surface area contributed by atoms with Gasteiger partial charge in [0.15, 0.2) is 0 Å². The maximum Gasteiger partial charge on any atom is 1.00 e. The van der Waals surface area contributed by atoms with Crippen LogP contribution in [0.5, 0.6) is 0 Å². The average molecular weight is 183 g/mol. The van der Waals surface area contributed by atoms with Gasteiger partial charge in [0.1, 0.15) is 0 Å². The van der Waals surface area contributed by atoms with Gasteiger partial charge in [-0.3, -0.25) is 9.54 Å². The van der Waals surface area contributed by atoms with Gasteiger partial charge in [0.2, 0.25) is 5.03 Å². The molecule has 5 nitrogen and oxygen atoms in total. The molecule has 0 aliphatic rings. The summed E-state index contributed by atoms with van der Waals surface area (Å²) in [6, 6.07) is 0. The van der Waals surface area contributed by atoms with Gasteiger partial charge in [-0.25, -0.2) is 4.98 Å². The summed E-state index contributed by atoms with van der Waals surface area (Å²) < 4.78 is 28.9. The van der Waals surface area contributed by atoms with E-state index in [-0.39, 0.29) is 29.6 Å². The van der Waals surface area contributed by atoms with Gasteiger partial charge in [0.25, 0.3) is 0 Å². The number of aromatic nitrogens is 2. The van der Waals surface area contributed by atoms with E-state index in [4.69, 9.17) is 4.55 Å². The van der Waals surface area contributed by atoms with Crippen molar-refractivity contribution in [2.45, 2.75) is 5.03 Å². The maximum absolute atomic E-state index is 10.3. The summed E-state index contributed by atoms with van der Waals surface area (Å²) in [5.74, 6) is 0. The van der Waals surface area contributed by atoms with Crippen molar-refractivity contribution in [3.63, 3.8) is 0 Å². The SMILES string of the molecule is O=S(=O)(O)c1cnccn1.[Na+]. The Kier molecular flexibility index (Phi) is 4.12. The standard InChI is InChI=1S/C4H4N2O3S.Na/c7-10(8,9)4-3-5-1-2-6-4;/h1-3H,(H,7,8,9);/q;+1. The van der Waals surface area contributed by atoms with Crippen LogP contribution in [-0.4, -0.2) is 22.9 Å². The molecule has 1 aromatic heterocycles. The second-order valence-electron chi connectivity index (χ2n) is 1.52. The molecule has 0 bridgehead atoms. The summed E-state index contributed by atoms with van der Waals surface area (Å²) in [5.41, 5.74) is 0. The molecule has 0 fully saturated rings. The quantitative estimate of drug-likeness (QED) is 0.365. The van der Waals surface area contributed by atoms with Crippen molar-refractivity contribution in [2.24, 2.45) is 0 Å². The van der Waals surface area contributed by atoms with E-state index < -0.39 is 15.1 Å². The van der Waals surface area contributed by atoms with Gasteiger partial charge >= 0.3 is 39.7 Å². The smallest absolute Gasteiger partial charge is 0.281 e. The second-order valence-corrected chi connectivity index (χ2v) is 2.89. The number of nitrogens with zero attached hydrogens (tertiary/aromatic N) is 2. The Morgan fingerprint density at radius 1 is 1.36 bits per heavy atom. The molecular formula is C4H4N2NaO3S+. The molecule has 1 heterocycles. The normalized spacial score (nSPS) is 10.3. The van der Waals surface area contributed by atoms with Crippen LogP contribution in [0.25, 0.3) is 0 Å². The van der Waals surface area contributed by atoms with E-state index in [0.29, 0.717) is 0 Å². The van der Waals surface area contributed by atoms with Crippen molar-refractivity contribution in [3.8, 4) is 0 Å². The molecule has 0 saturated heterocycles. The summed E-state index contributed by atoms with van der Waals surface area (Å²) in [6.45, 7) is 0. The Bertz CT molecular complexity index is 311. The van der Waals surface area contributed by atoms with Gasteiger partial charge in [-0.1, -0.05) is 0 Å². The minimum atomic E-state index is -4.18. The molecule has 0 radical (unpaired) electrons. The maximum atomic E-state index is 10.3. The van der Waals surface area contributed by atoms with Gasteiger partial charge in [-0.15, -0.1) is 0 Å². The zero-order valence-corrected chi connectivity index (χ0v) is 8.61. The van der Waals surface area contributed by atoms with Crippen LogP contribution in [0.15, 0.2) is 23.6 Å². The summed E-state index contributed by atoms with van der Waals surface area (Å²) in [5, 5.41) is -0.435. The molecule has 0 aliphatic heterocycles. The van der Waals surface area contributed by atoms with Crippen LogP contribution in [0.3, 0.4) is 0 Å². The third-order valence-corrected chi connectivity index (χ3v) is 1.54. The third kappa shape index (κ3) is 3.26. The molecule has 0 saturated carbocycles. The van der Waals surface area contributed by atoms with E-state index in [2.05, 4.69) is 9.97 Å². The number of hydrogen-bond donors (Lipinski definition) is 1. The van der Waals surface area contributed by atoms with Crippen molar-refractivity contribution >= 4 is 10.1 Å². The van der Waals surface area contributed by atoms with Crippen molar-refractivity contribution < 1.29 is 42.5 Å². The zero-order chi connectivity index (χ0) is 7.61. The van der Waals surface area contributed by atoms with Crippen LogP contribution >= 0.6 is 0 Å². The topological polar surface area (TPSA) is 80.2 Å². The minimum absolute atomic E-state index is 0. The van der Waals surface area contributed by atoms with Crippen LogP contribution in [-0.2, 0) is 10.1 Å². The van der Waals surface area contributed by atoms with Crippen LogP contribution in [0.4, 0.5) is 0 Å². The minimum Gasteiger partial charge on any atom is -0.281 e. The molecule has 7 heteroatoms. The molecule has 1 aromatic rings. The van der Waals surface area contributed by atoms with Crippen LogP contribution in [0, 0.1) is 0 Å². The van der Waals surface area contributed by atoms with Crippen LogP contribution < -0.4 is 29.6 Å². The third-order valence-electron chi connectivity index (χ3n) is 0.804. The zero-order valence-electron chi connectivity index (χ0n) is 5.80.